The predicted molar refractivity (Wildman–Crippen MR) is 91.2 cm³/mol. The van der Waals surface area contributed by atoms with Gasteiger partial charge < -0.3 is 4.84 Å². The lowest BCUT2D eigenvalue weighted by Gasteiger charge is -2.10. The molecule has 3 aromatic rings. The summed E-state index contributed by atoms with van der Waals surface area (Å²) in [6, 6.07) is 10.4. The predicted octanol–water partition coefficient (Wildman–Crippen LogP) is 3.59. The summed E-state index contributed by atoms with van der Waals surface area (Å²) in [6.45, 7) is 3.49. The first-order chi connectivity index (χ1) is 11.5. The largest absolute Gasteiger partial charge is 0.336 e. The fourth-order valence-corrected chi connectivity index (χ4v) is 2.58. The highest BCUT2D eigenvalue weighted by Crippen LogP contribution is 2.25. The van der Waals surface area contributed by atoms with Gasteiger partial charge in [0.15, 0.2) is 0 Å². The molecule has 1 aromatic carbocycles. The van der Waals surface area contributed by atoms with Crippen molar-refractivity contribution in [2.75, 3.05) is 0 Å². The Hall–Kier alpha value is -2.66. The molecule has 122 valence electrons. The van der Waals surface area contributed by atoms with Crippen LogP contribution >= 0.6 is 11.6 Å². The monoisotopic (exact) mass is 342 g/mol. The highest BCUT2D eigenvalue weighted by Gasteiger charge is 2.22. The minimum Gasteiger partial charge on any atom is -0.336 e. The van der Waals surface area contributed by atoms with Crippen LogP contribution in [-0.2, 0) is 4.79 Å². The third-order valence-electron chi connectivity index (χ3n) is 3.66. The highest BCUT2D eigenvalue weighted by molar-refractivity contribution is 6.31. The number of hydrogen-bond acceptors (Lipinski definition) is 4. The number of carbonyl (C=O) groups excluding carboxylic acids is 2. The lowest BCUT2D eigenvalue weighted by molar-refractivity contribution is -0.143. The van der Waals surface area contributed by atoms with Crippen molar-refractivity contribution in [2.45, 2.75) is 20.3 Å². The first-order valence-corrected chi connectivity index (χ1v) is 7.87. The van der Waals surface area contributed by atoms with Gasteiger partial charge in [0.2, 0.25) is 5.78 Å². The molecule has 0 spiro atoms. The van der Waals surface area contributed by atoms with E-state index in [4.69, 9.17) is 16.4 Å². The van der Waals surface area contributed by atoms with Crippen LogP contribution in [0.25, 0.3) is 10.9 Å². The van der Waals surface area contributed by atoms with Crippen molar-refractivity contribution < 1.29 is 14.4 Å². The molecule has 0 aliphatic heterocycles. The zero-order valence-corrected chi connectivity index (χ0v) is 14.0. The number of halogens is 1. The molecule has 0 saturated heterocycles. The molecule has 0 fully saturated rings. The van der Waals surface area contributed by atoms with Gasteiger partial charge in [0.05, 0.1) is 5.52 Å². The van der Waals surface area contributed by atoms with E-state index in [1.165, 1.54) is 4.73 Å². The summed E-state index contributed by atoms with van der Waals surface area (Å²) in [5.41, 5.74) is 1.86. The Balaban J connectivity index is 2.19. The molecule has 0 saturated carbocycles. The van der Waals surface area contributed by atoms with Crippen molar-refractivity contribution in [3.8, 4) is 0 Å². The molecule has 3 rings (SSSR count). The number of ketones is 1. The second-order valence-corrected chi connectivity index (χ2v) is 5.78. The first kappa shape index (κ1) is 16.2. The van der Waals surface area contributed by atoms with Gasteiger partial charge in [-0.15, -0.1) is 0 Å². The second kappa shape index (κ2) is 6.45. The van der Waals surface area contributed by atoms with E-state index in [2.05, 4.69) is 4.98 Å². The Bertz CT molecular complexity index is 947. The number of fused-ring (bicyclic) bond motifs is 1. The molecule has 6 heteroatoms. The number of hydrogen-bond donors (Lipinski definition) is 0. The average Bonchev–Trinajstić information content (AvgIpc) is 2.92. The summed E-state index contributed by atoms with van der Waals surface area (Å²) in [5.74, 6) is -0.761. The number of aryl methyl sites for hydroxylation is 1. The molecule has 0 N–H and O–H groups in total. The van der Waals surface area contributed by atoms with Crippen molar-refractivity contribution in [2.24, 2.45) is 0 Å². The number of carbonyl (C=O) groups is 2. The molecule has 0 unspecified atom stereocenters. The standard InChI is InChI=1S/C18H15ClN2O3/c1-3-16(22)24-21-14-10-13(19)7-6-12(14)9-15(21)18(23)17-11(2)5-4-8-20-17/h4-10H,3H2,1-2H3. The van der Waals surface area contributed by atoms with Gasteiger partial charge in [-0.2, -0.15) is 4.73 Å². The SMILES string of the molecule is CCC(=O)On1c(C(=O)c2ncccc2C)cc2ccc(Cl)cc21. The zero-order valence-electron chi connectivity index (χ0n) is 13.2. The first-order valence-electron chi connectivity index (χ1n) is 7.49. The zero-order chi connectivity index (χ0) is 17.3. The van der Waals surface area contributed by atoms with Crippen molar-refractivity contribution >= 4 is 34.3 Å². The Morgan fingerprint density at radius 1 is 1.25 bits per heavy atom. The van der Waals surface area contributed by atoms with Crippen LogP contribution in [0.15, 0.2) is 42.6 Å². The van der Waals surface area contributed by atoms with Crippen LogP contribution < -0.4 is 4.84 Å². The lowest BCUT2D eigenvalue weighted by atomic mass is 10.1. The molecular weight excluding hydrogens is 328 g/mol. The highest BCUT2D eigenvalue weighted by atomic mass is 35.5. The summed E-state index contributed by atoms with van der Waals surface area (Å²) >= 11 is 6.04. The Labute approximate surface area is 143 Å². The number of pyridine rings is 1. The topological polar surface area (TPSA) is 61.2 Å². The Morgan fingerprint density at radius 2 is 2.04 bits per heavy atom. The number of nitrogens with zero attached hydrogens (tertiary/aromatic N) is 2. The van der Waals surface area contributed by atoms with Crippen molar-refractivity contribution in [1.82, 2.24) is 9.71 Å². The van der Waals surface area contributed by atoms with Gasteiger partial charge in [0.1, 0.15) is 11.4 Å². The van der Waals surface area contributed by atoms with Gasteiger partial charge in [-0.05, 0) is 36.8 Å². The maximum atomic E-state index is 12.9. The van der Waals surface area contributed by atoms with E-state index in [-0.39, 0.29) is 17.9 Å². The van der Waals surface area contributed by atoms with Gasteiger partial charge in [0.25, 0.3) is 0 Å². The van der Waals surface area contributed by atoms with Crippen molar-refractivity contribution in [1.29, 1.82) is 0 Å². The van der Waals surface area contributed by atoms with Crippen LogP contribution in [-0.4, -0.2) is 21.5 Å². The van der Waals surface area contributed by atoms with Crippen LogP contribution in [0.2, 0.25) is 5.02 Å². The fourth-order valence-electron chi connectivity index (χ4n) is 2.42. The minimum atomic E-state index is -0.445. The summed E-state index contributed by atoms with van der Waals surface area (Å²) in [4.78, 5) is 34.2. The number of aromatic nitrogens is 2. The van der Waals surface area contributed by atoms with E-state index in [0.29, 0.717) is 16.2 Å². The smallest absolute Gasteiger partial charge is 0.332 e. The van der Waals surface area contributed by atoms with Gasteiger partial charge in [0, 0.05) is 23.0 Å². The molecular formula is C18H15ClN2O3. The van der Waals surface area contributed by atoms with E-state index in [1.54, 1.807) is 43.5 Å². The minimum absolute atomic E-state index is 0.191. The van der Waals surface area contributed by atoms with Crippen LogP contribution in [0.3, 0.4) is 0 Å². The molecule has 2 heterocycles. The van der Waals surface area contributed by atoms with E-state index < -0.39 is 5.97 Å². The summed E-state index contributed by atoms with van der Waals surface area (Å²) in [7, 11) is 0. The molecule has 0 bridgehead atoms. The van der Waals surface area contributed by atoms with Crippen molar-refractivity contribution in [3.05, 3.63) is 64.6 Å². The third-order valence-corrected chi connectivity index (χ3v) is 3.90. The summed E-state index contributed by atoms with van der Waals surface area (Å²) < 4.78 is 1.24. The summed E-state index contributed by atoms with van der Waals surface area (Å²) in [5, 5.41) is 1.24. The summed E-state index contributed by atoms with van der Waals surface area (Å²) in [6.07, 6.45) is 1.75. The average molecular weight is 343 g/mol. The van der Waals surface area contributed by atoms with E-state index >= 15 is 0 Å². The maximum absolute atomic E-state index is 12.9. The van der Waals surface area contributed by atoms with Gasteiger partial charge >= 0.3 is 5.97 Å². The molecule has 0 atom stereocenters. The molecule has 0 radical (unpaired) electrons. The van der Waals surface area contributed by atoms with Crippen LogP contribution in [0.4, 0.5) is 0 Å². The molecule has 0 amide bonds. The van der Waals surface area contributed by atoms with Crippen LogP contribution in [0, 0.1) is 6.92 Å². The van der Waals surface area contributed by atoms with E-state index in [1.807, 2.05) is 13.0 Å². The van der Waals surface area contributed by atoms with Crippen LogP contribution in [0.1, 0.15) is 35.1 Å². The number of rotatable bonds is 4. The molecule has 0 aliphatic rings. The normalized spacial score (nSPS) is 10.8. The lowest BCUT2D eigenvalue weighted by Crippen LogP contribution is -2.23. The van der Waals surface area contributed by atoms with E-state index in [0.717, 1.165) is 10.9 Å². The van der Waals surface area contributed by atoms with Gasteiger partial charge in [-0.1, -0.05) is 30.7 Å². The maximum Gasteiger partial charge on any atom is 0.332 e. The third kappa shape index (κ3) is 2.90. The molecule has 5 nitrogen and oxygen atoms in total. The fraction of sp³-hybridized carbons (Fsp3) is 0.167. The molecule has 2 aromatic heterocycles. The second-order valence-electron chi connectivity index (χ2n) is 5.34. The van der Waals surface area contributed by atoms with Crippen molar-refractivity contribution in [3.63, 3.8) is 0 Å². The molecule has 0 aliphatic carbocycles. The Morgan fingerprint density at radius 3 is 2.75 bits per heavy atom. The van der Waals surface area contributed by atoms with Gasteiger partial charge in [-0.25, -0.2) is 4.79 Å². The van der Waals surface area contributed by atoms with Gasteiger partial charge in [-0.3, -0.25) is 9.78 Å². The molecule has 24 heavy (non-hydrogen) atoms. The Kier molecular flexibility index (Phi) is 4.36. The number of benzene rings is 1. The quantitative estimate of drug-likeness (QED) is 0.680. The van der Waals surface area contributed by atoms with E-state index in [9.17, 15) is 9.59 Å². The van der Waals surface area contributed by atoms with Crippen LogP contribution in [0.5, 0.6) is 0 Å².